The van der Waals surface area contributed by atoms with Gasteiger partial charge in [0, 0.05) is 6.21 Å². The number of rotatable bonds is 2. The summed E-state index contributed by atoms with van der Waals surface area (Å²) in [5, 5.41) is 6.47. The summed E-state index contributed by atoms with van der Waals surface area (Å²) in [6.45, 7) is 1.52. The third kappa shape index (κ3) is 2.43. The lowest BCUT2D eigenvalue weighted by atomic mass is 10.5. The highest BCUT2D eigenvalue weighted by atomic mass is 31.1. The van der Waals surface area contributed by atoms with Gasteiger partial charge in [-0.1, -0.05) is 0 Å². The van der Waals surface area contributed by atoms with Crippen LogP contribution < -0.4 is 0 Å². The van der Waals surface area contributed by atoms with E-state index < -0.39 is 13.7 Å². The van der Waals surface area contributed by atoms with Crippen LogP contribution in [0.25, 0.3) is 0 Å². The molecule has 0 aromatic heterocycles. The van der Waals surface area contributed by atoms with Crippen molar-refractivity contribution in [1.82, 2.24) is 0 Å². The van der Waals surface area contributed by atoms with Gasteiger partial charge in [-0.05, 0) is 11.5 Å². The molecule has 0 amide bonds. The van der Waals surface area contributed by atoms with Crippen molar-refractivity contribution in [2.45, 2.75) is 12.6 Å². The maximum Gasteiger partial charge on any atom is 0.514 e. The Morgan fingerprint density at radius 1 is 2.00 bits per heavy atom. The minimum atomic E-state index is -2.15. The molecule has 0 aliphatic rings. The monoisotopic (exact) mass is 120 g/mol. The average Bonchev–Trinajstić information content (AvgIpc) is 1.65. The van der Waals surface area contributed by atoms with Gasteiger partial charge < -0.3 is 5.41 Å². The SMILES string of the molecule is CC(C=N)[P+](=O)O. The predicted molar refractivity (Wildman–Crippen MR) is 28.1 cm³/mol. The van der Waals surface area contributed by atoms with Gasteiger partial charge in [0.2, 0.25) is 5.66 Å². The van der Waals surface area contributed by atoms with Crippen LogP contribution >= 0.6 is 8.03 Å². The highest BCUT2D eigenvalue weighted by molar-refractivity contribution is 7.40. The highest BCUT2D eigenvalue weighted by Gasteiger charge is 2.18. The van der Waals surface area contributed by atoms with Crippen molar-refractivity contribution in [3.05, 3.63) is 0 Å². The Hall–Kier alpha value is -0.270. The van der Waals surface area contributed by atoms with Gasteiger partial charge in [-0.3, -0.25) is 0 Å². The lowest BCUT2D eigenvalue weighted by molar-refractivity contribution is 0.500. The van der Waals surface area contributed by atoms with Crippen molar-refractivity contribution < 1.29 is 9.46 Å². The van der Waals surface area contributed by atoms with E-state index in [9.17, 15) is 4.57 Å². The fraction of sp³-hybridized carbons (Fsp3) is 0.667. The van der Waals surface area contributed by atoms with Crippen LogP contribution in [-0.4, -0.2) is 16.8 Å². The number of hydrogen-bond donors (Lipinski definition) is 2. The molecule has 40 valence electrons. The summed E-state index contributed by atoms with van der Waals surface area (Å²) in [6, 6.07) is 0. The minimum absolute atomic E-state index is 0.491. The second-order valence-corrected chi connectivity index (χ2v) is 2.63. The van der Waals surface area contributed by atoms with E-state index in [0.717, 1.165) is 6.21 Å². The van der Waals surface area contributed by atoms with E-state index in [1.165, 1.54) is 6.92 Å². The topological polar surface area (TPSA) is 61.2 Å². The molecule has 0 saturated heterocycles. The predicted octanol–water partition coefficient (Wildman–Crippen LogP) is 0.759. The summed E-state index contributed by atoms with van der Waals surface area (Å²) >= 11 is 0. The van der Waals surface area contributed by atoms with Crippen LogP contribution in [0.1, 0.15) is 6.92 Å². The van der Waals surface area contributed by atoms with Crippen LogP contribution in [0.15, 0.2) is 0 Å². The minimum Gasteiger partial charge on any atom is -0.308 e. The van der Waals surface area contributed by atoms with E-state index in [-0.39, 0.29) is 0 Å². The van der Waals surface area contributed by atoms with Gasteiger partial charge in [-0.25, -0.2) is 0 Å². The highest BCUT2D eigenvalue weighted by Crippen LogP contribution is 2.18. The Morgan fingerprint density at radius 3 is 2.43 bits per heavy atom. The molecule has 0 heterocycles. The van der Waals surface area contributed by atoms with Crippen molar-refractivity contribution in [3.8, 4) is 0 Å². The lowest BCUT2D eigenvalue weighted by Gasteiger charge is -1.76. The van der Waals surface area contributed by atoms with Gasteiger partial charge in [0.05, 0.1) is 0 Å². The molecule has 0 spiro atoms. The van der Waals surface area contributed by atoms with Crippen molar-refractivity contribution in [1.29, 1.82) is 5.41 Å². The van der Waals surface area contributed by atoms with Gasteiger partial charge in [0.15, 0.2) is 0 Å². The van der Waals surface area contributed by atoms with E-state index in [1.54, 1.807) is 0 Å². The number of nitrogens with one attached hydrogen (secondary N) is 1. The van der Waals surface area contributed by atoms with Gasteiger partial charge >= 0.3 is 8.03 Å². The van der Waals surface area contributed by atoms with E-state index in [0.29, 0.717) is 0 Å². The summed E-state index contributed by atoms with van der Waals surface area (Å²) in [6.07, 6.45) is 0.957. The normalized spacial score (nSPS) is 15.4. The van der Waals surface area contributed by atoms with Crippen LogP contribution in [0, 0.1) is 5.41 Å². The molecule has 0 radical (unpaired) electrons. The molecule has 0 fully saturated rings. The Bertz CT molecular complexity index is 92.9. The Labute approximate surface area is 42.7 Å². The molecule has 0 rings (SSSR count). The van der Waals surface area contributed by atoms with Crippen molar-refractivity contribution in [3.63, 3.8) is 0 Å². The second kappa shape index (κ2) is 2.83. The fourth-order valence-electron chi connectivity index (χ4n) is 0.0638. The zero-order valence-electron chi connectivity index (χ0n) is 3.96. The van der Waals surface area contributed by atoms with Gasteiger partial charge in [0.1, 0.15) is 0 Å². The molecule has 0 aliphatic carbocycles. The third-order valence-corrected chi connectivity index (χ3v) is 1.44. The molecule has 2 N–H and O–H groups in total. The van der Waals surface area contributed by atoms with E-state index in [1.807, 2.05) is 0 Å². The van der Waals surface area contributed by atoms with Gasteiger partial charge in [-0.2, -0.15) is 4.89 Å². The van der Waals surface area contributed by atoms with Crippen molar-refractivity contribution >= 4 is 14.2 Å². The van der Waals surface area contributed by atoms with Crippen LogP contribution in [0.3, 0.4) is 0 Å². The quantitative estimate of drug-likeness (QED) is 0.417. The molecule has 2 atom stereocenters. The molecular formula is C3H7NO2P+. The summed E-state index contributed by atoms with van der Waals surface area (Å²) in [7, 11) is -2.15. The van der Waals surface area contributed by atoms with E-state index in [4.69, 9.17) is 10.3 Å². The van der Waals surface area contributed by atoms with Crippen LogP contribution in [0.5, 0.6) is 0 Å². The first kappa shape index (κ1) is 6.73. The van der Waals surface area contributed by atoms with E-state index in [2.05, 4.69) is 0 Å². The summed E-state index contributed by atoms with van der Waals surface area (Å²) in [4.78, 5) is 8.18. The summed E-state index contributed by atoms with van der Waals surface area (Å²) < 4.78 is 9.93. The van der Waals surface area contributed by atoms with Crippen molar-refractivity contribution in [2.24, 2.45) is 0 Å². The Balaban J connectivity index is 3.55. The third-order valence-electron chi connectivity index (χ3n) is 0.590. The average molecular weight is 120 g/mol. The number of hydrogen-bond acceptors (Lipinski definition) is 2. The summed E-state index contributed by atoms with van der Waals surface area (Å²) in [5.74, 6) is 0. The zero-order chi connectivity index (χ0) is 5.86. The fourth-order valence-corrected chi connectivity index (χ4v) is 0.191. The second-order valence-electron chi connectivity index (χ2n) is 1.21. The molecule has 0 aliphatic heterocycles. The van der Waals surface area contributed by atoms with Crippen LogP contribution in [0.4, 0.5) is 0 Å². The maximum atomic E-state index is 9.93. The summed E-state index contributed by atoms with van der Waals surface area (Å²) in [5.41, 5.74) is -0.491. The largest absolute Gasteiger partial charge is 0.514 e. The Morgan fingerprint density at radius 2 is 2.43 bits per heavy atom. The molecule has 7 heavy (non-hydrogen) atoms. The maximum absolute atomic E-state index is 9.93. The Kier molecular flexibility index (Phi) is 2.72. The molecular weight excluding hydrogens is 113 g/mol. The van der Waals surface area contributed by atoms with Crippen molar-refractivity contribution in [2.75, 3.05) is 0 Å². The van der Waals surface area contributed by atoms with Crippen LogP contribution in [-0.2, 0) is 4.57 Å². The van der Waals surface area contributed by atoms with E-state index >= 15 is 0 Å². The molecule has 3 nitrogen and oxygen atoms in total. The molecule has 0 saturated carbocycles. The molecule has 0 bridgehead atoms. The molecule has 0 aromatic rings. The first-order chi connectivity index (χ1) is 3.18. The van der Waals surface area contributed by atoms with Gasteiger partial charge in [0.25, 0.3) is 0 Å². The molecule has 2 unspecified atom stereocenters. The molecule has 4 heteroatoms. The lowest BCUT2D eigenvalue weighted by Crippen LogP contribution is -1.93. The first-order valence-corrected chi connectivity index (χ1v) is 3.12. The molecule has 0 aromatic carbocycles. The standard InChI is InChI=1S/C3H6NO2P/c1-3(2-4)7(5)6/h2-4H,1H3/p+1. The smallest absolute Gasteiger partial charge is 0.308 e. The zero-order valence-corrected chi connectivity index (χ0v) is 4.85. The first-order valence-electron chi connectivity index (χ1n) is 1.84. The van der Waals surface area contributed by atoms with Gasteiger partial charge in [-0.15, -0.1) is 0 Å². The van der Waals surface area contributed by atoms with Crippen LogP contribution in [0.2, 0.25) is 0 Å².